The Kier molecular flexibility index (Phi) is 11.9. The molecule has 0 radical (unpaired) electrons. The van der Waals surface area contributed by atoms with Crippen LogP contribution in [0.25, 0.3) is 0 Å². The first-order chi connectivity index (χ1) is 20.3. The third-order valence-corrected chi connectivity index (χ3v) is 9.02. The van der Waals surface area contributed by atoms with Gasteiger partial charge in [0.05, 0.1) is 16.1 Å². The molecule has 232 valence electrons. The second-order valence-corrected chi connectivity index (χ2v) is 12.4. The molecule has 0 saturated carbocycles. The third-order valence-electron chi connectivity index (χ3n) is 6.64. The number of rotatable bonds is 13. The van der Waals surface area contributed by atoms with Crippen molar-refractivity contribution < 1.29 is 31.2 Å². The maximum Gasteiger partial charge on any atom is 0.416 e. The van der Waals surface area contributed by atoms with E-state index in [1.165, 1.54) is 41.3 Å². The first-order valence-electron chi connectivity index (χ1n) is 13.6. The molecule has 2 amide bonds. The topological polar surface area (TPSA) is 86.8 Å². The molecule has 0 fully saturated rings. The summed E-state index contributed by atoms with van der Waals surface area (Å²) in [6.45, 7) is 2.95. The molecular formula is C30H32Cl2F3N3O4S. The van der Waals surface area contributed by atoms with E-state index < -0.39 is 46.2 Å². The fourth-order valence-corrected chi connectivity index (χ4v) is 6.24. The third kappa shape index (κ3) is 8.87. The van der Waals surface area contributed by atoms with Crippen LogP contribution in [-0.2, 0) is 32.3 Å². The van der Waals surface area contributed by atoms with Crippen LogP contribution in [0.4, 0.5) is 18.9 Å². The molecule has 3 aromatic rings. The summed E-state index contributed by atoms with van der Waals surface area (Å²) in [6, 6.07) is 14.4. The molecule has 43 heavy (non-hydrogen) atoms. The van der Waals surface area contributed by atoms with E-state index in [0.29, 0.717) is 33.9 Å². The van der Waals surface area contributed by atoms with Crippen LogP contribution in [0.2, 0.25) is 10.0 Å². The number of carbonyl (C=O) groups is 2. The minimum atomic E-state index is -4.76. The molecule has 0 aliphatic heterocycles. The van der Waals surface area contributed by atoms with E-state index in [0.717, 1.165) is 18.6 Å². The van der Waals surface area contributed by atoms with Gasteiger partial charge in [-0.1, -0.05) is 73.8 Å². The standard InChI is InChI=1S/C30H32Cl2F3N3O4S/c1-3-5-16-36-29(40)27(4-2)37(19-21-14-15-23(31)18-26(21)32)28(39)20-38(43(41,42)25-12-7-6-8-13-25)24-11-9-10-22(17-24)30(33,34)35/h6-15,17-18,27H,3-5,16,19-20H2,1-2H3,(H,36,40). The fourth-order valence-electron chi connectivity index (χ4n) is 4.34. The zero-order valence-electron chi connectivity index (χ0n) is 23.6. The summed E-state index contributed by atoms with van der Waals surface area (Å²) in [5, 5.41) is 3.37. The molecule has 0 spiro atoms. The Balaban J connectivity index is 2.10. The van der Waals surface area contributed by atoms with Crippen molar-refractivity contribution in [3.8, 4) is 0 Å². The molecule has 0 aliphatic carbocycles. The summed E-state index contributed by atoms with van der Waals surface area (Å²) < 4.78 is 69.1. The fraction of sp³-hybridized carbons (Fsp3) is 0.333. The summed E-state index contributed by atoms with van der Waals surface area (Å²) in [5.41, 5.74) is -1.01. The highest BCUT2D eigenvalue weighted by Crippen LogP contribution is 2.33. The number of anilines is 1. The predicted octanol–water partition coefficient (Wildman–Crippen LogP) is 6.93. The van der Waals surface area contributed by atoms with E-state index >= 15 is 0 Å². The average molecular weight is 659 g/mol. The normalized spacial score (nSPS) is 12.4. The number of amides is 2. The Hall–Kier alpha value is -3.28. The van der Waals surface area contributed by atoms with Gasteiger partial charge in [0.2, 0.25) is 11.8 Å². The lowest BCUT2D eigenvalue weighted by Gasteiger charge is -2.33. The number of nitrogens with one attached hydrogen (secondary N) is 1. The Morgan fingerprint density at radius 3 is 2.26 bits per heavy atom. The number of benzene rings is 3. The van der Waals surface area contributed by atoms with Gasteiger partial charge in [-0.3, -0.25) is 13.9 Å². The Labute approximate surface area is 259 Å². The van der Waals surface area contributed by atoms with E-state index in [9.17, 15) is 31.2 Å². The highest BCUT2D eigenvalue weighted by molar-refractivity contribution is 7.92. The van der Waals surface area contributed by atoms with Gasteiger partial charge in [0.15, 0.2) is 0 Å². The van der Waals surface area contributed by atoms with Crippen molar-refractivity contribution >= 4 is 50.7 Å². The number of carbonyl (C=O) groups excluding carboxylic acids is 2. The van der Waals surface area contributed by atoms with E-state index in [4.69, 9.17) is 23.2 Å². The zero-order valence-corrected chi connectivity index (χ0v) is 25.9. The number of hydrogen-bond donors (Lipinski definition) is 1. The van der Waals surface area contributed by atoms with Crippen molar-refractivity contribution in [1.82, 2.24) is 10.2 Å². The Morgan fingerprint density at radius 1 is 0.953 bits per heavy atom. The van der Waals surface area contributed by atoms with Crippen molar-refractivity contribution in [2.45, 2.75) is 56.8 Å². The zero-order chi connectivity index (χ0) is 31.8. The van der Waals surface area contributed by atoms with Crippen molar-refractivity contribution in [1.29, 1.82) is 0 Å². The van der Waals surface area contributed by atoms with Crippen LogP contribution in [0.3, 0.4) is 0 Å². The summed E-state index contributed by atoms with van der Waals surface area (Å²) in [4.78, 5) is 28.3. The molecule has 0 aliphatic rings. The van der Waals surface area contributed by atoms with Crippen molar-refractivity contribution in [3.63, 3.8) is 0 Å². The maximum atomic E-state index is 14.1. The number of halogens is 5. The molecule has 3 rings (SSSR count). The summed E-state index contributed by atoms with van der Waals surface area (Å²) in [5.74, 6) is -1.27. The molecule has 1 N–H and O–H groups in total. The minimum absolute atomic E-state index is 0.171. The van der Waals surface area contributed by atoms with E-state index in [1.807, 2.05) is 6.92 Å². The Bertz CT molecular complexity index is 1520. The quantitative estimate of drug-likeness (QED) is 0.202. The highest BCUT2D eigenvalue weighted by atomic mass is 35.5. The van der Waals surface area contributed by atoms with Gasteiger partial charge in [0.1, 0.15) is 12.6 Å². The molecule has 0 heterocycles. The van der Waals surface area contributed by atoms with Crippen molar-refractivity contribution in [2.24, 2.45) is 0 Å². The molecule has 0 saturated heterocycles. The van der Waals surface area contributed by atoms with Crippen molar-refractivity contribution in [2.75, 3.05) is 17.4 Å². The maximum absolute atomic E-state index is 14.1. The van der Waals surface area contributed by atoms with Gasteiger partial charge in [0, 0.05) is 23.1 Å². The molecule has 0 bridgehead atoms. The molecular weight excluding hydrogens is 626 g/mol. The summed E-state index contributed by atoms with van der Waals surface area (Å²) in [6.07, 6.45) is -3.06. The number of sulfonamides is 1. The first kappa shape index (κ1) is 34.2. The molecule has 1 unspecified atom stereocenters. The van der Waals surface area contributed by atoms with Crippen LogP contribution in [0.5, 0.6) is 0 Å². The molecule has 0 aromatic heterocycles. The summed E-state index contributed by atoms with van der Waals surface area (Å²) >= 11 is 12.4. The average Bonchev–Trinajstić information content (AvgIpc) is 2.97. The van der Waals surface area contributed by atoms with Gasteiger partial charge in [-0.15, -0.1) is 0 Å². The van der Waals surface area contributed by atoms with E-state index in [-0.39, 0.29) is 28.6 Å². The van der Waals surface area contributed by atoms with Gasteiger partial charge < -0.3 is 10.2 Å². The lowest BCUT2D eigenvalue weighted by molar-refractivity contribution is -0.140. The van der Waals surface area contributed by atoms with Gasteiger partial charge in [-0.25, -0.2) is 8.42 Å². The molecule has 1 atom stereocenters. The van der Waals surface area contributed by atoms with Gasteiger partial charge in [-0.2, -0.15) is 13.2 Å². The monoisotopic (exact) mass is 657 g/mol. The van der Waals surface area contributed by atoms with Gasteiger partial charge >= 0.3 is 6.18 Å². The predicted molar refractivity (Wildman–Crippen MR) is 161 cm³/mol. The summed E-state index contributed by atoms with van der Waals surface area (Å²) in [7, 11) is -4.53. The van der Waals surface area contributed by atoms with Crippen LogP contribution < -0.4 is 9.62 Å². The van der Waals surface area contributed by atoms with Crippen LogP contribution in [-0.4, -0.2) is 44.3 Å². The van der Waals surface area contributed by atoms with Crippen LogP contribution in [0.15, 0.2) is 77.7 Å². The van der Waals surface area contributed by atoms with E-state index in [2.05, 4.69) is 5.32 Å². The van der Waals surface area contributed by atoms with Crippen LogP contribution in [0, 0.1) is 0 Å². The van der Waals surface area contributed by atoms with E-state index in [1.54, 1.807) is 25.1 Å². The van der Waals surface area contributed by atoms with Crippen molar-refractivity contribution in [3.05, 3.63) is 94.0 Å². The van der Waals surface area contributed by atoms with Gasteiger partial charge in [0.25, 0.3) is 10.0 Å². The second kappa shape index (κ2) is 14.9. The minimum Gasteiger partial charge on any atom is -0.354 e. The first-order valence-corrected chi connectivity index (χ1v) is 15.7. The Morgan fingerprint density at radius 2 is 1.65 bits per heavy atom. The number of unbranched alkanes of at least 4 members (excludes halogenated alkanes) is 1. The smallest absolute Gasteiger partial charge is 0.354 e. The van der Waals surface area contributed by atoms with Crippen LogP contribution >= 0.6 is 23.2 Å². The van der Waals surface area contributed by atoms with Crippen LogP contribution in [0.1, 0.15) is 44.2 Å². The number of alkyl halides is 3. The number of hydrogen-bond acceptors (Lipinski definition) is 4. The van der Waals surface area contributed by atoms with Gasteiger partial charge in [-0.05, 0) is 60.9 Å². The second-order valence-electron chi connectivity index (χ2n) is 9.70. The lowest BCUT2D eigenvalue weighted by atomic mass is 10.1. The molecule has 13 heteroatoms. The highest BCUT2D eigenvalue weighted by Gasteiger charge is 2.36. The molecule has 3 aromatic carbocycles. The largest absolute Gasteiger partial charge is 0.416 e. The number of nitrogens with zero attached hydrogens (tertiary/aromatic N) is 2. The SMILES string of the molecule is CCCCNC(=O)C(CC)N(Cc1ccc(Cl)cc1Cl)C(=O)CN(c1cccc(C(F)(F)F)c1)S(=O)(=O)c1ccccc1. The lowest BCUT2D eigenvalue weighted by Crippen LogP contribution is -2.52. The molecule has 7 nitrogen and oxygen atoms in total.